The first kappa shape index (κ1) is 13.5. The second-order valence-electron chi connectivity index (χ2n) is 5.09. The highest BCUT2D eigenvalue weighted by Crippen LogP contribution is 2.25. The van der Waals surface area contributed by atoms with Crippen LogP contribution in [0.1, 0.15) is 21.8 Å². The summed E-state index contributed by atoms with van der Waals surface area (Å²) in [6.07, 6.45) is 0. The smallest absolute Gasteiger partial charge is 0.172 e. The summed E-state index contributed by atoms with van der Waals surface area (Å²) in [4.78, 5) is 12.9. The Labute approximate surface area is 124 Å². The molecule has 0 amide bonds. The van der Waals surface area contributed by atoms with E-state index in [9.17, 15) is 4.79 Å². The van der Waals surface area contributed by atoms with Crippen molar-refractivity contribution in [1.29, 1.82) is 0 Å². The van der Waals surface area contributed by atoms with Crippen molar-refractivity contribution < 1.29 is 4.79 Å². The lowest BCUT2D eigenvalue weighted by Gasteiger charge is -2.15. The van der Waals surface area contributed by atoms with Gasteiger partial charge in [0.25, 0.3) is 0 Å². The molecule has 3 aromatic carbocycles. The molecular formula is C19H17NO. The third-order valence-corrected chi connectivity index (χ3v) is 3.81. The largest absolute Gasteiger partial charge is 0.329 e. The summed E-state index contributed by atoms with van der Waals surface area (Å²) in [5.74, 6) is -0.211. The molecule has 1 unspecified atom stereocenters. The highest BCUT2D eigenvalue weighted by molar-refractivity contribution is 6.11. The van der Waals surface area contributed by atoms with Gasteiger partial charge in [0.15, 0.2) is 5.78 Å². The van der Waals surface area contributed by atoms with Crippen LogP contribution in [0.15, 0.2) is 72.8 Å². The molecule has 2 heteroatoms. The minimum atomic E-state index is -0.294. The van der Waals surface area contributed by atoms with Crippen LogP contribution in [0.4, 0.5) is 0 Å². The van der Waals surface area contributed by atoms with E-state index < -0.39 is 0 Å². The van der Waals surface area contributed by atoms with E-state index in [1.165, 1.54) is 0 Å². The number of ketones is 1. The van der Waals surface area contributed by atoms with Gasteiger partial charge >= 0.3 is 0 Å². The van der Waals surface area contributed by atoms with Crippen molar-refractivity contribution in [2.75, 3.05) is 6.54 Å². The number of fused-ring (bicyclic) bond motifs is 1. The van der Waals surface area contributed by atoms with Crippen LogP contribution < -0.4 is 5.73 Å². The fourth-order valence-electron chi connectivity index (χ4n) is 2.71. The van der Waals surface area contributed by atoms with E-state index >= 15 is 0 Å². The second kappa shape index (κ2) is 5.90. The maximum absolute atomic E-state index is 12.9. The van der Waals surface area contributed by atoms with Crippen molar-refractivity contribution in [1.82, 2.24) is 0 Å². The first-order valence-corrected chi connectivity index (χ1v) is 7.08. The Morgan fingerprint density at radius 1 is 0.857 bits per heavy atom. The molecule has 2 nitrogen and oxygen atoms in total. The van der Waals surface area contributed by atoms with Gasteiger partial charge in [0.2, 0.25) is 0 Å². The van der Waals surface area contributed by atoms with Crippen molar-refractivity contribution >= 4 is 16.6 Å². The number of nitrogens with two attached hydrogens (primary N) is 1. The fraction of sp³-hybridized carbons (Fsp3) is 0.105. The topological polar surface area (TPSA) is 43.1 Å². The van der Waals surface area contributed by atoms with E-state index in [0.29, 0.717) is 6.54 Å². The number of Topliss-reactive ketones (excluding diaryl/α,β-unsaturated/α-hetero) is 1. The number of rotatable bonds is 4. The van der Waals surface area contributed by atoms with E-state index in [1.54, 1.807) is 0 Å². The number of carbonyl (C=O) groups excluding carboxylic acids is 1. The quantitative estimate of drug-likeness (QED) is 0.737. The van der Waals surface area contributed by atoms with Crippen molar-refractivity contribution in [2.24, 2.45) is 5.73 Å². The van der Waals surface area contributed by atoms with Gasteiger partial charge in [-0.15, -0.1) is 0 Å². The van der Waals surface area contributed by atoms with Crippen LogP contribution in [-0.4, -0.2) is 12.3 Å². The normalized spacial score (nSPS) is 12.2. The third kappa shape index (κ3) is 2.58. The third-order valence-electron chi connectivity index (χ3n) is 3.81. The maximum Gasteiger partial charge on any atom is 0.172 e. The summed E-state index contributed by atoms with van der Waals surface area (Å²) < 4.78 is 0. The molecule has 104 valence electrons. The monoisotopic (exact) mass is 275 g/mol. The summed E-state index contributed by atoms with van der Waals surface area (Å²) in [5, 5.41) is 2.06. The summed E-state index contributed by atoms with van der Waals surface area (Å²) >= 11 is 0. The molecule has 0 saturated carbocycles. The molecular weight excluding hydrogens is 258 g/mol. The van der Waals surface area contributed by atoms with Crippen LogP contribution in [0.2, 0.25) is 0 Å². The minimum Gasteiger partial charge on any atom is -0.329 e. The van der Waals surface area contributed by atoms with Crippen LogP contribution in [0, 0.1) is 0 Å². The van der Waals surface area contributed by atoms with Gasteiger partial charge < -0.3 is 5.73 Å². The second-order valence-corrected chi connectivity index (χ2v) is 5.09. The fourth-order valence-corrected chi connectivity index (χ4v) is 2.71. The Hall–Kier alpha value is -2.45. The highest BCUT2D eigenvalue weighted by atomic mass is 16.1. The van der Waals surface area contributed by atoms with Gasteiger partial charge in [0, 0.05) is 12.1 Å². The molecule has 0 aliphatic heterocycles. The molecule has 0 saturated heterocycles. The van der Waals surface area contributed by atoms with Crippen LogP contribution in [0.25, 0.3) is 10.8 Å². The van der Waals surface area contributed by atoms with Gasteiger partial charge in [-0.05, 0) is 16.3 Å². The Kier molecular flexibility index (Phi) is 3.80. The standard InChI is InChI=1S/C19H17NO/c20-13-18(15-7-2-1-3-8-15)19(21)17-12-6-10-14-9-4-5-11-16(14)17/h1-12,18H,13,20H2. The van der Waals surface area contributed by atoms with Gasteiger partial charge in [-0.25, -0.2) is 0 Å². The molecule has 1 atom stereocenters. The van der Waals surface area contributed by atoms with E-state index in [0.717, 1.165) is 21.9 Å². The summed E-state index contributed by atoms with van der Waals surface area (Å²) in [6, 6.07) is 23.5. The SMILES string of the molecule is NCC(C(=O)c1cccc2ccccc12)c1ccccc1. The van der Waals surface area contributed by atoms with Gasteiger partial charge in [-0.1, -0.05) is 72.8 Å². The molecule has 0 aliphatic carbocycles. The van der Waals surface area contributed by atoms with Gasteiger partial charge in [0.05, 0.1) is 5.92 Å². The molecule has 3 rings (SSSR count). The minimum absolute atomic E-state index is 0.0838. The Balaban J connectivity index is 2.07. The van der Waals surface area contributed by atoms with E-state index in [2.05, 4.69) is 0 Å². The number of benzene rings is 3. The number of hydrogen-bond donors (Lipinski definition) is 1. The maximum atomic E-state index is 12.9. The van der Waals surface area contributed by atoms with Crippen molar-refractivity contribution in [3.05, 3.63) is 83.9 Å². The average molecular weight is 275 g/mol. The molecule has 0 aliphatic rings. The molecule has 0 heterocycles. The van der Waals surface area contributed by atoms with Crippen LogP contribution in [0.3, 0.4) is 0 Å². The Morgan fingerprint density at radius 2 is 1.52 bits per heavy atom. The molecule has 3 aromatic rings. The predicted molar refractivity (Wildman–Crippen MR) is 86.5 cm³/mol. The summed E-state index contributed by atoms with van der Waals surface area (Å²) in [6.45, 7) is 0.312. The van der Waals surface area contributed by atoms with E-state index in [1.807, 2.05) is 72.8 Å². The average Bonchev–Trinajstić information content (AvgIpc) is 2.56. The van der Waals surface area contributed by atoms with Gasteiger partial charge in [0.1, 0.15) is 0 Å². The predicted octanol–water partition coefficient (Wildman–Crippen LogP) is 3.77. The summed E-state index contributed by atoms with van der Waals surface area (Å²) in [5.41, 5.74) is 7.58. The molecule has 21 heavy (non-hydrogen) atoms. The summed E-state index contributed by atoms with van der Waals surface area (Å²) in [7, 11) is 0. The molecule has 0 spiro atoms. The number of hydrogen-bond acceptors (Lipinski definition) is 2. The molecule has 0 aromatic heterocycles. The zero-order valence-electron chi connectivity index (χ0n) is 11.7. The van der Waals surface area contributed by atoms with Crippen molar-refractivity contribution in [3.63, 3.8) is 0 Å². The lowest BCUT2D eigenvalue weighted by molar-refractivity contribution is 0.0964. The van der Waals surface area contributed by atoms with Crippen LogP contribution in [0.5, 0.6) is 0 Å². The molecule has 0 fully saturated rings. The van der Waals surface area contributed by atoms with Crippen molar-refractivity contribution in [3.8, 4) is 0 Å². The van der Waals surface area contributed by atoms with E-state index in [4.69, 9.17) is 5.73 Å². The first-order valence-electron chi connectivity index (χ1n) is 7.08. The van der Waals surface area contributed by atoms with Crippen molar-refractivity contribution in [2.45, 2.75) is 5.92 Å². The highest BCUT2D eigenvalue weighted by Gasteiger charge is 2.21. The lowest BCUT2D eigenvalue weighted by atomic mass is 9.88. The van der Waals surface area contributed by atoms with Crippen LogP contribution >= 0.6 is 0 Å². The van der Waals surface area contributed by atoms with Gasteiger partial charge in [-0.3, -0.25) is 4.79 Å². The molecule has 0 bridgehead atoms. The Morgan fingerprint density at radius 3 is 2.29 bits per heavy atom. The van der Waals surface area contributed by atoms with Crippen LogP contribution in [-0.2, 0) is 0 Å². The zero-order valence-corrected chi connectivity index (χ0v) is 11.7. The van der Waals surface area contributed by atoms with E-state index in [-0.39, 0.29) is 11.7 Å². The first-order chi connectivity index (χ1) is 10.3. The van der Waals surface area contributed by atoms with Gasteiger partial charge in [-0.2, -0.15) is 0 Å². The number of carbonyl (C=O) groups is 1. The molecule has 0 radical (unpaired) electrons. The Bertz CT molecular complexity index is 759. The zero-order chi connectivity index (χ0) is 14.7. The molecule has 2 N–H and O–H groups in total. The lowest BCUT2D eigenvalue weighted by Crippen LogP contribution is -2.22.